The number of nitrogens with one attached hydrogen (secondary N) is 1. The number of alkyl halides is 1. The number of hydrogen-bond acceptors (Lipinski definition) is 3. The second-order valence-electron chi connectivity index (χ2n) is 7.96. The Morgan fingerprint density at radius 1 is 1.27 bits per heavy atom. The summed E-state index contributed by atoms with van der Waals surface area (Å²) < 4.78 is 17.3. The van der Waals surface area contributed by atoms with E-state index in [4.69, 9.17) is 4.74 Å². The molecule has 0 radical (unpaired) electrons. The summed E-state index contributed by atoms with van der Waals surface area (Å²) in [6.07, 6.45) is 4.11. The number of amides is 1. The molecule has 6 heteroatoms. The van der Waals surface area contributed by atoms with Crippen LogP contribution in [0.4, 0.5) is 9.18 Å². The average molecular weight is 315 g/mol. The number of rotatable bonds is 7. The summed E-state index contributed by atoms with van der Waals surface area (Å²) in [5.41, 5.74) is -0.795. The Morgan fingerprint density at radius 2 is 1.86 bits per heavy atom. The SMILES string of the molecule is CC(C)(C)OC(=O)NC(C(=O)O)C12CC(CCCCF)(C1)C2. The quantitative estimate of drug-likeness (QED) is 0.707. The summed E-state index contributed by atoms with van der Waals surface area (Å²) in [4.78, 5) is 23.3. The highest BCUT2D eigenvalue weighted by Crippen LogP contribution is 2.76. The van der Waals surface area contributed by atoms with Crippen LogP contribution in [-0.4, -0.2) is 35.5 Å². The molecule has 0 aromatic heterocycles. The minimum Gasteiger partial charge on any atom is -0.480 e. The van der Waals surface area contributed by atoms with Crippen LogP contribution >= 0.6 is 0 Å². The predicted molar refractivity (Wildman–Crippen MR) is 79.3 cm³/mol. The lowest BCUT2D eigenvalue weighted by atomic mass is 9.32. The summed E-state index contributed by atoms with van der Waals surface area (Å²) in [7, 11) is 0. The highest BCUT2D eigenvalue weighted by Gasteiger charge is 2.71. The fourth-order valence-electron chi connectivity index (χ4n) is 4.15. The first-order valence-corrected chi connectivity index (χ1v) is 7.90. The zero-order chi connectivity index (χ0) is 16.6. The Hall–Kier alpha value is -1.33. The molecule has 1 unspecified atom stereocenters. The van der Waals surface area contributed by atoms with Crippen molar-refractivity contribution in [1.29, 1.82) is 0 Å². The average Bonchev–Trinajstić information content (AvgIpc) is 2.25. The number of hydrogen-bond donors (Lipinski definition) is 2. The molecule has 1 amide bonds. The Labute approximate surface area is 130 Å². The van der Waals surface area contributed by atoms with Crippen molar-refractivity contribution in [2.75, 3.05) is 6.67 Å². The van der Waals surface area contributed by atoms with Crippen LogP contribution in [0.2, 0.25) is 0 Å². The third-order valence-corrected chi connectivity index (χ3v) is 4.79. The van der Waals surface area contributed by atoms with Crippen LogP contribution in [0.5, 0.6) is 0 Å². The Balaban J connectivity index is 1.88. The molecule has 2 bridgehead atoms. The van der Waals surface area contributed by atoms with Crippen LogP contribution < -0.4 is 5.32 Å². The Bertz CT molecular complexity index is 438. The van der Waals surface area contributed by atoms with Gasteiger partial charge in [-0.2, -0.15) is 0 Å². The van der Waals surface area contributed by atoms with Gasteiger partial charge < -0.3 is 15.2 Å². The molecule has 0 aromatic carbocycles. The van der Waals surface area contributed by atoms with Gasteiger partial charge in [-0.25, -0.2) is 9.59 Å². The largest absolute Gasteiger partial charge is 0.480 e. The fraction of sp³-hybridized carbons (Fsp3) is 0.875. The molecule has 2 N–H and O–H groups in total. The number of carbonyl (C=O) groups is 2. The van der Waals surface area contributed by atoms with Crippen molar-refractivity contribution in [2.24, 2.45) is 10.8 Å². The second-order valence-corrected chi connectivity index (χ2v) is 7.96. The molecule has 0 aromatic rings. The summed E-state index contributed by atoms with van der Waals surface area (Å²) in [5, 5.41) is 11.9. The van der Waals surface area contributed by atoms with Crippen LogP contribution in [0.1, 0.15) is 59.3 Å². The first kappa shape index (κ1) is 17.0. The van der Waals surface area contributed by atoms with E-state index in [9.17, 15) is 19.1 Å². The van der Waals surface area contributed by atoms with Crippen molar-refractivity contribution in [2.45, 2.75) is 70.9 Å². The van der Waals surface area contributed by atoms with Crippen molar-refractivity contribution in [3.63, 3.8) is 0 Å². The number of ether oxygens (including phenoxy) is 1. The van der Waals surface area contributed by atoms with Gasteiger partial charge in [0.15, 0.2) is 0 Å². The normalized spacial score (nSPS) is 30.7. The summed E-state index contributed by atoms with van der Waals surface area (Å²) >= 11 is 0. The second kappa shape index (κ2) is 5.70. The molecule has 3 saturated carbocycles. The molecule has 3 aliphatic carbocycles. The number of carboxylic acid groups (broad SMARTS) is 1. The number of alkyl carbamates (subject to hydrolysis) is 1. The van der Waals surface area contributed by atoms with Crippen LogP contribution in [0, 0.1) is 10.8 Å². The van der Waals surface area contributed by atoms with E-state index in [2.05, 4.69) is 5.32 Å². The van der Waals surface area contributed by atoms with Gasteiger partial charge in [-0.15, -0.1) is 0 Å². The third kappa shape index (κ3) is 3.36. The van der Waals surface area contributed by atoms with Crippen molar-refractivity contribution < 1.29 is 23.8 Å². The van der Waals surface area contributed by atoms with E-state index >= 15 is 0 Å². The van der Waals surface area contributed by atoms with Gasteiger partial charge in [0.25, 0.3) is 0 Å². The lowest BCUT2D eigenvalue weighted by molar-refractivity contribution is -0.228. The third-order valence-electron chi connectivity index (χ3n) is 4.79. The van der Waals surface area contributed by atoms with Gasteiger partial charge in [0.2, 0.25) is 0 Å². The van der Waals surface area contributed by atoms with Gasteiger partial charge >= 0.3 is 12.1 Å². The van der Waals surface area contributed by atoms with Crippen LogP contribution in [0.25, 0.3) is 0 Å². The molecule has 3 fully saturated rings. The Kier molecular flexibility index (Phi) is 4.42. The molecule has 5 nitrogen and oxygen atoms in total. The number of halogens is 1. The summed E-state index contributed by atoms with van der Waals surface area (Å²) in [6.45, 7) is 4.93. The van der Waals surface area contributed by atoms with E-state index < -0.39 is 23.7 Å². The highest BCUT2D eigenvalue weighted by atomic mass is 19.1. The van der Waals surface area contributed by atoms with E-state index in [1.54, 1.807) is 20.8 Å². The molecule has 3 rings (SSSR count). The lowest BCUT2D eigenvalue weighted by Crippen LogP contribution is -2.71. The van der Waals surface area contributed by atoms with Crippen LogP contribution in [-0.2, 0) is 9.53 Å². The number of carbonyl (C=O) groups excluding carboxylic acids is 1. The maximum atomic E-state index is 12.2. The van der Waals surface area contributed by atoms with E-state index in [0.29, 0.717) is 6.42 Å². The van der Waals surface area contributed by atoms with Crippen molar-refractivity contribution in [3.8, 4) is 0 Å². The fourth-order valence-corrected chi connectivity index (χ4v) is 4.15. The van der Waals surface area contributed by atoms with Gasteiger partial charge in [0, 0.05) is 5.41 Å². The van der Waals surface area contributed by atoms with Crippen LogP contribution in [0.15, 0.2) is 0 Å². The predicted octanol–water partition coefficient (Wildman–Crippen LogP) is 3.27. The highest BCUT2D eigenvalue weighted by molar-refractivity contribution is 5.81. The van der Waals surface area contributed by atoms with E-state index in [1.807, 2.05) is 0 Å². The van der Waals surface area contributed by atoms with Gasteiger partial charge in [-0.1, -0.05) is 6.42 Å². The number of carboxylic acids is 1. The first-order valence-electron chi connectivity index (χ1n) is 7.90. The van der Waals surface area contributed by atoms with Crippen molar-refractivity contribution in [1.82, 2.24) is 5.32 Å². The monoisotopic (exact) mass is 315 g/mol. The van der Waals surface area contributed by atoms with Crippen molar-refractivity contribution >= 4 is 12.1 Å². The van der Waals surface area contributed by atoms with E-state index in [-0.39, 0.29) is 17.5 Å². The maximum absolute atomic E-state index is 12.2. The lowest BCUT2D eigenvalue weighted by Gasteiger charge is -2.72. The number of unbranched alkanes of at least 4 members (excludes halogenated alkanes) is 1. The van der Waals surface area contributed by atoms with Crippen molar-refractivity contribution in [3.05, 3.63) is 0 Å². The minimum absolute atomic E-state index is 0.193. The molecule has 1 atom stereocenters. The van der Waals surface area contributed by atoms with Gasteiger partial charge in [-0.3, -0.25) is 4.39 Å². The zero-order valence-electron chi connectivity index (χ0n) is 13.6. The molecule has 126 valence electrons. The van der Waals surface area contributed by atoms with Gasteiger partial charge in [0.05, 0.1) is 6.67 Å². The molecular weight excluding hydrogens is 289 g/mol. The van der Waals surface area contributed by atoms with E-state index in [1.165, 1.54) is 0 Å². The molecule has 0 saturated heterocycles. The summed E-state index contributed by atoms with van der Waals surface area (Å²) in [5.74, 6) is -1.01. The van der Waals surface area contributed by atoms with E-state index in [0.717, 1.165) is 32.1 Å². The standard InChI is InChI=1S/C16H26FNO4/c1-14(2,3)22-13(21)18-11(12(19)20)16-8-15(9-16,10-16)6-4-5-7-17/h11H,4-10H2,1-3H3,(H,18,21)(H,19,20). The minimum atomic E-state index is -1.01. The van der Waals surface area contributed by atoms with Gasteiger partial charge in [-0.05, 0) is 58.3 Å². The molecule has 0 heterocycles. The molecule has 3 aliphatic rings. The Morgan fingerprint density at radius 3 is 2.32 bits per heavy atom. The molecule has 0 aliphatic heterocycles. The van der Waals surface area contributed by atoms with Gasteiger partial charge in [0.1, 0.15) is 11.6 Å². The first-order chi connectivity index (χ1) is 10.1. The van der Waals surface area contributed by atoms with Crippen LogP contribution in [0.3, 0.4) is 0 Å². The number of aliphatic carboxylic acids is 1. The smallest absolute Gasteiger partial charge is 0.408 e. The zero-order valence-corrected chi connectivity index (χ0v) is 13.6. The maximum Gasteiger partial charge on any atom is 0.408 e. The molecular formula is C16H26FNO4. The topological polar surface area (TPSA) is 75.6 Å². The summed E-state index contributed by atoms with van der Waals surface area (Å²) in [6, 6.07) is -0.898. The molecule has 22 heavy (non-hydrogen) atoms. The molecule has 0 spiro atoms.